The number of rotatable bonds is 3. The minimum Gasteiger partial charge on any atom is -0.295 e. The highest BCUT2D eigenvalue weighted by Crippen LogP contribution is 2.29. The zero-order valence-electron chi connectivity index (χ0n) is 9.48. The van der Waals surface area contributed by atoms with Crippen molar-refractivity contribution < 1.29 is 4.79 Å². The highest BCUT2D eigenvalue weighted by molar-refractivity contribution is 5.99. The number of carbonyl (C=O) groups is 1. The molecule has 1 heteroatoms. The van der Waals surface area contributed by atoms with E-state index in [1.54, 1.807) is 6.92 Å². The minimum atomic E-state index is 0.202. The third-order valence-corrected chi connectivity index (χ3v) is 2.48. The molecule has 0 heterocycles. The van der Waals surface area contributed by atoms with E-state index < -0.39 is 0 Å². The van der Waals surface area contributed by atoms with Crippen LogP contribution in [0, 0.1) is 0 Å². The molecule has 1 nitrogen and oxygen atoms in total. The second-order valence-electron chi connectivity index (χ2n) is 4.13. The van der Waals surface area contributed by atoms with Gasteiger partial charge in [-0.05, 0) is 46.1 Å². The van der Waals surface area contributed by atoms with Gasteiger partial charge in [0.1, 0.15) is 0 Å². The van der Waals surface area contributed by atoms with Crippen molar-refractivity contribution >= 4 is 5.78 Å². The Morgan fingerprint density at radius 3 is 2.57 bits per heavy atom. The fourth-order valence-electron chi connectivity index (χ4n) is 1.78. The smallest absolute Gasteiger partial charge is 0.160 e. The Hall–Kier alpha value is -1.11. The van der Waals surface area contributed by atoms with Crippen molar-refractivity contribution in [2.75, 3.05) is 0 Å². The van der Waals surface area contributed by atoms with E-state index in [2.05, 4.69) is 26.0 Å². The normalized spacial score (nSPS) is 15.6. The van der Waals surface area contributed by atoms with Crippen LogP contribution in [0.4, 0.5) is 0 Å². The second kappa shape index (κ2) is 4.41. The fraction of sp³-hybridized carbons (Fsp3) is 0.462. The molecule has 1 aliphatic rings. The molecule has 0 aromatic carbocycles. The molecule has 0 atom stereocenters. The van der Waals surface area contributed by atoms with E-state index in [-0.39, 0.29) is 5.78 Å². The van der Waals surface area contributed by atoms with Crippen LogP contribution in [0.5, 0.6) is 0 Å². The molecule has 1 aliphatic carbocycles. The van der Waals surface area contributed by atoms with E-state index in [4.69, 9.17) is 0 Å². The van der Waals surface area contributed by atoms with Crippen molar-refractivity contribution in [1.29, 1.82) is 0 Å². The standard InChI is InChI=1S/C13H18O/c1-9(2)5-7-12-8-6-10(3)13(12)11(4)14/h5,8H,6-7H2,1-4H3. The van der Waals surface area contributed by atoms with Crippen LogP contribution in [0.1, 0.15) is 40.5 Å². The maximum absolute atomic E-state index is 11.4. The molecule has 0 spiro atoms. The van der Waals surface area contributed by atoms with Gasteiger partial charge < -0.3 is 0 Å². The molecule has 0 aromatic rings. The summed E-state index contributed by atoms with van der Waals surface area (Å²) >= 11 is 0. The summed E-state index contributed by atoms with van der Waals surface area (Å²) in [6.07, 6.45) is 6.19. The SMILES string of the molecule is CC(=O)C1=C(C)CC=C1CC=C(C)C. The summed E-state index contributed by atoms with van der Waals surface area (Å²) < 4.78 is 0. The summed E-state index contributed by atoms with van der Waals surface area (Å²) in [7, 11) is 0. The first kappa shape index (κ1) is 11.0. The molecule has 0 aliphatic heterocycles. The summed E-state index contributed by atoms with van der Waals surface area (Å²) in [5, 5.41) is 0. The molecule has 0 aromatic heterocycles. The van der Waals surface area contributed by atoms with Gasteiger partial charge in [-0.3, -0.25) is 4.79 Å². The molecule has 1 rings (SSSR count). The maximum atomic E-state index is 11.4. The zero-order chi connectivity index (χ0) is 10.7. The highest BCUT2D eigenvalue weighted by atomic mass is 16.1. The largest absolute Gasteiger partial charge is 0.295 e. The molecule has 14 heavy (non-hydrogen) atoms. The van der Waals surface area contributed by atoms with Gasteiger partial charge in [0.05, 0.1) is 0 Å². The molecular formula is C13H18O. The van der Waals surface area contributed by atoms with Crippen molar-refractivity contribution in [3.05, 3.63) is 34.4 Å². The van der Waals surface area contributed by atoms with Gasteiger partial charge >= 0.3 is 0 Å². The van der Waals surface area contributed by atoms with E-state index in [1.165, 1.54) is 16.7 Å². The third kappa shape index (κ3) is 2.44. The summed E-state index contributed by atoms with van der Waals surface area (Å²) in [5.74, 6) is 0.202. The first-order chi connectivity index (χ1) is 6.52. The van der Waals surface area contributed by atoms with Crippen molar-refractivity contribution in [2.24, 2.45) is 0 Å². The van der Waals surface area contributed by atoms with Gasteiger partial charge in [-0.25, -0.2) is 0 Å². The average molecular weight is 190 g/mol. The van der Waals surface area contributed by atoms with Crippen molar-refractivity contribution in [2.45, 2.75) is 40.5 Å². The number of Topliss-reactive ketones (excluding diaryl/α,β-unsaturated/α-hetero) is 1. The lowest BCUT2D eigenvalue weighted by Crippen LogP contribution is -1.99. The van der Waals surface area contributed by atoms with Gasteiger partial charge in [-0.2, -0.15) is 0 Å². The van der Waals surface area contributed by atoms with Crippen LogP contribution in [-0.4, -0.2) is 5.78 Å². The van der Waals surface area contributed by atoms with Crippen LogP contribution in [0.3, 0.4) is 0 Å². The molecule has 0 amide bonds. The lowest BCUT2D eigenvalue weighted by molar-refractivity contribution is -0.113. The molecular weight excluding hydrogens is 172 g/mol. The predicted octanol–water partition coefficient (Wildman–Crippen LogP) is 3.58. The van der Waals surface area contributed by atoms with E-state index in [1.807, 2.05) is 6.92 Å². The highest BCUT2D eigenvalue weighted by Gasteiger charge is 2.17. The molecule has 0 saturated heterocycles. The summed E-state index contributed by atoms with van der Waals surface area (Å²) in [4.78, 5) is 11.4. The molecule has 0 radical (unpaired) electrons. The minimum absolute atomic E-state index is 0.202. The average Bonchev–Trinajstić information content (AvgIpc) is 2.43. The van der Waals surface area contributed by atoms with E-state index in [0.717, 1.165) is 18.4 Å². The molecule has 0 saturated carbocycles. The van der Waals surface area contributed by atoms with Crippen molar-refractivity contribution in [3.63, 3.8) is 0 Å². The van der Waals surface area contributed by atoms with Crippen LogP contribution in [0.15, 0.2) is 34.4 Å². The maximum Gasteiger partial charge on any atom is 0.160 e. The lowest BCUT2D eigenvalue weighted by atomic mass is 10.00. The van der Waals surface area contributed by atoms with Gasteiger partial charge in [-0.1, -0.05) is 23.3 Å². The Morgan fingerprint density at radius 2 is 2.07 bits per heavy atom. The Labute approximate surface area is 86.2 Å². The van der Waals surface area contributed by atoms with Gasteiger partial charge in [0.25, 0.3) is 0 Å². The van der Waals surface area contributed by atoms with Crippen LogP contribution in [0.2, 0.25) is 0 Å². The molecule has 0 N–H and O–H groups in total. The van der Waals surface area contributed by atoms with Crippen LogP contribution < -0.4 is 0 Å². The molecule has 0 bridgehead atoms. The van der Waals surface area contributed by atoms with Crippen molar-refractivity contribution in [1.82, 2.24) is 0 Å². The van der Waals surface area contributed by atoms with Gasteiger partial charge in [-0.15, -0.1) is 0 Å². The van der Waals surface area contributed by atoms with E-state index in [0.29, 0.717) is 0 Å². The molecule has 0 unspecified atom stereocenters. The van der Waals surface area contributed by atoms with Gasteiger partial charge in [0.2, 0.25) is 0 Å². The first-order valence-corrected chi connectivity index (χ1v) is 5.06. The number of carbonyl (C=O) groups excluding carboxylic acids is 1. The number of hydrogen-bond donors (Lipinski definition) is 0. The summed E-state index contributed by atoms with van der Waals surface area (Å²) in [6.45, 7) is 7.86. The van der Waals surface area contributed by atoms with Crippen molar-refractivity contribution in [3.8, 4) is 0 Å². The molecule has 76 valence electrons. The van der Waals surface area contributed by atoms with Crippen LogP contribution in [-0.2, 0) is 4.79 Å². The van der Waals surface area contributed by atoms with Crippen LogP contribution in [0.25, 0.3) is 0 Å². The Morgan fingerprint density at radius 1 is 1.43 bits per heavy atom. The van der Waals surface area contributed by atoms with E-state index in [9.17, 15) is 4.79 Å². The number of hydrogen-bond acceptors (Lipinski definition) is 1. The molecule has 0 fully saturated rings. The second-order valence-corrected chi connectivity index (χ2v) is 4.13. The van der Waals surface area contributed by atoms with Gasteiger partial charge in [0.15, 0.2) is 5.78 Å². The number of ketones is 1. The summed E-state index contributed by atoms with van der Waals surface area (Å²) in [5.41, 5.74) is 4.69. The Balaban J connectivity index is 2.82. The topological polar surface area (TPSA) is 17.1 Å². The van der Waals surface area contributed by atoms with Crippen LogP contribution >= 0.6 is 0 Å². The quantitative estimate of drug-likeness (QED) is 0.622. The number of allylic oxidation sites excluding steroid dienone is 6. The Bertz CT molecular complexity index is 336. The zero-order valence-corrected chi connectivity index (χ0v) is 9.48. The lowest BCUT2D eigenvalue weighted by Gasteiger charge is -2.04. The third-order valence-electron chi connectivity index (χ3n) is 2.48. The monoisotopic (exact) mass is 190 g/mol. The summed E-state index contributed by atoms with van der Waals surface area (Å²) in [6, 6.07) is 0. The fourth-order valence-corrected chi connectivity index (χ4v) is 1.78. The predicted molar refractivity (Wildman–Crippen MR) is 60.1 cm³/mol. The van der Waals surface area contributed by atoms with Gasteiger partial charge in [0, 0.05) is 5.57 Å². The first-order valence-electron chi connectivity index (χ1n) is 5.06. The van der Waals surface area contributed by atoms with E-state index >= 15 is 0 Å². The Kier molecular flexibility index (Phi) is 3.45.